The highest BCUT2D eigenvalue weighted by molar-refractivity contribution is 9.10. The lowest BCUT2D eigenvalue weighted by molar-refractivity contribution is -0.125. The van der Waals surface area contributed by atoms with E-state index in [1.807, 2.05) is 0 Å². The zero-order valence-corrected chi connectivity index (χ0v) is 28.0. The summed E-state index contributed by atoms with van der Waals surface area (Å²) >= 11 is 18.1. The van der Waals surface area contributed by atoms with Crippen molar-refractivity contribution >= 4 is 86.7 Å². The second-order valence-electron chi connectivity index (χ2n) is 12.3. The number of ether oxygens (including phenoxy) is 1. The third-order valence-corrected chi connectivity index (χ3v) is 11.8. The highest BCUT2D eigenvalue weighted by atomic mass is 79.9. The number of methoxy groups -OCH3 is 1. The molecule has 15 heteroatoms. The Hall–Kier alpha value is -3.75. The minimum absolute atomic E-state index is 0.0229. The molecule has 246 valence electrons. The van der Waals surface area contributed by atoms with Gasteiger partial charge in [-0.1, -0.05) is 39.7 Å². The normalized spacial score (nSPS) is 29.4. The lowest BCUT2D eigenvalue weighted by Crippen LogP contribution is -2.60. The number of carbonyl (C=O) groups is 4. The Balaban J connectivity index is 1.42. The van der Waals surface area contributed by atoms with Gasteiger partial charge in [0.2, 0.25) is 11.8 Å². The maximum atomic E-state index is 14.5. The number of hydrogen-bond acceptors (Lipinski definition) is 8. The number of phenolic OH excluding ortho intramolecular Hbond substituents is 1. The highest BCUT2D eigenvalue weighted by Gasteiger charge is 2.77. The number of allylic oxidation sites excluding steroid dienone is 2. The fourth-order valence-corrected chi connectivity index (χ4v) is 9.17. The number of halogens is 4. The average molecular weight is 758 g/mol. The molecule has 2 aliphatic carbocycles. The van der Waals surface area contributed by atoms with Gasteiger partial charge in [0.1, 0.15) is 5.82 Å². The Kier molecular flexibility index (Phi) is 7.80. The maximum Gasteiger partial charge on any atom is 0.488 e. The molecule has 2 heterocycles. The molecule has 0 aromatic heterocycles. The number of anilines is 2. The molecule has 2 saturated heterocycles. The van der Waals surface area contributed by atoms with Crippen LogP contribution in [0.5, 0.6) is 11.5 Å². The Labute approximate surface area is 292 Å². The van der Waals surface area contributed by atoms with E-state index in [1.165, 1.54) is 55.6 Å². The molecule has 3 aromatic rings. The number of fused-ring (bicyclic) bond motifs is 4. The van der Waals surface area contributed by atoms with Gasteiger partial charge in [-0.25, -0.2) is 9.29 Å². The van der Waals surface area contributed by atoms with Crippen LogP contribution >= 0.6 is 39.1 Å². The lowest BCUT2D eigenvalue weighted by atomic mass is 9.56. The third kappa shape index (κ3) is 4.44. The Morgan fingerprint density at radius 2 is 1.65 bits per heavy atom. The topological polar surface area (TPSA) is 145 Å². The molecule has 4 aliphatic rings. The van der Waals surface area contributed by atoms with Crippen LogP contribution in [0.15, 0.2) is 76.8 Å². The lowest BCUT2D eigenvalue weighted by Gasteiger charge is -2.50. The number of amides is 4. The SMILES string of the molecule is COc1cc(Br)cc([C@H]2C3=CC[C@@H]4C(=O)N(c5cccc(B(O)O)c5)C(=O)[C@@H]4[C@@H]3C[C@@]3(Cl)C(=O)N(c4ccc(F)cc4)C(=O)[C@@]23Cl)c1O. The van der Waals surface area contributed by atoms with E-state index in [9.17, 15) is 38.7 Å². The summed E-state index contributed by atoms with van der Waals surface area (Å²) in [7, 11) is -0.505. The van der Waals surface area contributed by atoms with Crippen molar-refractivity contribution in [1.29, 1.82) is 0 Å². The molecule has 10 nitrogen and oxygen atoms in total. The molecule has 0 radical (unpaired) electrons. The second kappa shape index (κ2) is 11.4. The van der Waals surface area contributed by atoms with Crippen LogP contribution in [-0.4, -0.2) is 62.8 Å². The summed E-state index contributed by atoms with van der Waals surface area (Å²) in [5.41, 5.74) is 0.754. The van der Waals surface area contributed by atoms with Crippen molar-refractivity contribution in [3.8, 4) is 11.5 Å². The van der Waals surface area contributed by atoms with E-state index in [-0.39, 0.29) is 46.7 Å². The van der Waals surface area contributed by atoms with Crippen LogP contribution in [-0.2, 0) is 19.2 Å². The van der Waals surface area contributed by atoms with Gasteiger partial charge in [-0.2, -0.15) is 0 Å². The molecule has 2 aliphatic heterocycles. The quantitative estimate of drug-likeness (QED) is 0.155. The van der Waals surface area contributed by atoms with E-state index < -0.39 is 70.0 Å². The maximum absolute atomic E-state index is 14.5. The van der Waals surface area contributed by atoms with Gasteiger partial charge in [0.05, 0.1) is 30.3 Å². The van der Waals surface area contributed by atoms with E-state index in [2.05, 4.69) is 15.9 Å². The van der Waals surface area contributed by atoms with Crippen LogP contribution in [0.2, 0.25) is 0 Å². The van der Waals surface area contributed by atoms with Gasteiger partial charge in [-0.3, -0.25) is 24.1 Å². The van der Waals surface area contributed by atoms with Gasteiger partial charge in [0.25, 0.3) is 11.8 Å². The Morgan fingerprint density at radius 3 is 2.31 bits per heavy atom. The van der Waals surface area contributed by atoms with E-state index in [4.69, 9.17) is 27.9 Å². The number of nitrogens with zero attached hydrogens (tertiary/aromatic N) is 2. The number of rotatable bonds is 5. The number of phenols is 1. The largest absolute Gasteiger partial charge is 0.504 e. The zero-order valence-electron chi connectivity index (χ0n) is 24.9. The molecule has 1 saturated carbocycles. The molecule has 48 heavy (non-hydrogen) atoms. The summed E-state index contributed by atoms with van der Waals surface area (Å²) < 4.78 is 19.7. The van der Waals surface area contributed by atoms with Crippen molar-refractivity contribution in [3.63, 3.8) is 0 Å². The number of hydrogen-bond donors (Lipinski definition) is 3. The molecule has 6 atom stereocenters. The van der Waals surface area contributed by atoms with Crippen LogP contribution in [0, 0.1) is 23.6 Å². The first-order valence-electron chi connectivity index (χ1n) is 14.9. The van der Waals surface area contributed by atoms with Crippen LogP contribution < -0.4 is 20.0 Å². The fourth-order valence-electron chi connectivity index (χ4n) is 7.79. The van der Waals surface area contributed by atoms with Crippen molar-refractivity contribution < 1.29 is 43.5 Å². The summed E-state index contributed by atoms with van der Waals surface area (Å²) in [4.78, 5) is 54.4. The summed E-state index contributed by atoms with van der Waals surface area (Å²) in [6, 6.07) is 13.4. The van der Waals surface area contributed by atoms with E-state index >= 15 is 0 Å². The molecule has 3 aromatic carbocycles. The Bertz CT molecular complexity index is 1960. The van der Waals surface area contributed by atoms with Gasteiger partial charge in [0.15, 0.2) is 21.2 Å². The van der Waals surface area contributed by atoms with Crippen LogP contribution in [0.4, 0.5) is 15.8 Å². The third-order valence-electron chi connectivity index (χ3n) is 9.92. The molecule has 3 fully saturated rings. The standard InChI is InChI=1S/C33H25BBrCl2FN2O8/c1-48-24-13-16(35)12-22(27(24)41)26-20-9-10-21-25(29(43)39(28(21)42)19-4-2-3-15(11-19)34(46)47)23(20)14-32(36)30(44)40(31(45)33(26,32)37)18-7-5-17(38)6-8-18/h2-9,11-13,21,23,25-26,41,46-47H,10,14H2,1H3/t21-,23+,25-,26+,32+,33-/m0/s1. The van der Waals surface area contributed by atoms with Gasteiger partial charge in [0, 0.05) is 16.0 Å². The summed E-state index contributed by atoms with van der Waals surface area (Å²) in [5, 5.41) is 30.9. The number of alkyl halides is 2. The number of imide groups is 2. The van der Waals surface area contributed by atoms with Crippen molar-refractivity contribution in [1.82, 2.24) is 0 Å². The molecule has 3 N–H and O–H groups in total. The van der Waals surface area contributed by atoms with Crippen molar-refractivity contribution in [2.45, 2.75) is 28.5 Å². The first-order chi connectivity index (χ1) is 22.7. The molecule has 7 rings (SSSR count). The van der Waals surface area contributed by atoms with Gasteiger partial charge < -0.3 is 19.9 Å². The first kappa shape index (κ1) is 32.8. The van der Waals surface area contributed by atoms with E-state index in [0.29, 0.717) is 10.0 Å². The van der Waals surface area contributed by atoms with Crippen LogP contribution in [0.1, 0.15) is 24.3 Å². The number of carbonyl (C=O) groups excluding carboxylic acids is 4. The number of aromatic hydroxyl groups is 1. The van der Waals surface area contributed by atoms with Gasteiger partial charge in [-0.15, -0.1) is 23.2 Å². The summed E-state index contributed by atoms with van der Waals surface area (Å²) in [5.74, 6) is -7.99. The fraction of sp³-hybridized carbons (Fsp3) is 0.273. The predicted octanol–water partition coefficient (Wildman–Crippen LogP) is 3.75. The van der Waals surface area contributed by atoms with Crippen molar-refractivity contribution in [3.05, 3.63) is 88.2 Å². The minimum atomic E-state index is -2.25. The summed E-state index contributed by atoms with van der Waals surface area (Å²) in [6.07, 6.45) is 1.46. The van der Waals surface area contributed by atoms with Gasteiger partial charge >= 0.3 is 7.12 Å². The van der Waals surface area contributed by atoms with E-state index in [1.54, 1.807) is 6.08 Å². The predicted molar refractivity (Wildman–Crippen MR) is 178 cm³/mol. The zero-order chi connectivity index (χ0) is 34.4. The van der Waals surface area contributed by atoms with Crippen LogP contribution in [0.25, 0.3) is 0 Å². The first-order valence-corrected chi connectivity index (χ1v) is 16.4. The van der Waals surface area contributed by atoms with Crippen molar-refractivity contribution in [2.24, 2.45) is 17.8 Å². The molecule has 0 unspecified atom stereocenters. The minimum Gasteiger partial charge on any atom is -0.504 e. The molecule has 0 spiro atoms. The van der Waals surface area contributed by atoms with E-state index in [0.717, 1.165) is 21.9 Å². The van der Waals surface area contributed by atoms with Gasteiger partial charge in [-0.05, 0) is 72.8 Å². The second-order valence-corrected chi connectivity index (χ2v) is 14.4. The molecule has 4 amide bonds. The summed E-state index contributed by atoms with van der Waals surface area (Å²) in [6.45, 7) is 0. The monoisotopic (exact) mass is 756 g/mol. The van der Waals surface area contributed by atoms with Crippen LogP contribution in [0.3, 0.4) is 0 Å². The molecular weight excluding hydrogens is 733 g/mol. The smallest absolute Gasteiger partial charge is 0.488 e. The Morgan fingerprint density at radius 1 is 0.938 bits per heavy atom. The average Bonchev–Trinajstić information content (AvgIpc) is 3.40. The molecule has 0 bridgehead atoms. The highest BCUT2D eigenvalue weighted by Crippen LogP contribution is 2.67. The van der Waals surface area contributed by atoms with Crippen molar-refractivity contribution in [2.75, 3.05) is 16.9 Å². The number of benzene rings is 3. The molecular formula is C33H25BBrCl2FN2O8.